The Kier molecular flexibility index (Phi) is 7.07. The van der Waals surface area contributed by atoms with Gasteiger partial charge in [0.15, 0.2) is 0 Å². The Balaban J connectivity index is 2.65. The first kappa shape index (κ1) is 15.8. The van der Waals surface area contributed by atoms with Gasteiger partial charge < -0.3 is 11.1 Å². The van der Waals surface area contributed by atoms with E-state index in [4.69, 9.17) is 17.3 Å². The summed E-state index contributed by atoms with van der Waals surface area (Å²) in [4.78, 5) is 12.6. The Morgan fingerprint density at radius 3 is 2.78 bits per heavy atom. The Bertz CT molecular complexity index is 384. The fourth-order valence-corrected chi connectivity index (χ4v) is 4.11. The summed E-state index contributed by atoms with van der Waals surface area (Å²) < 4.78 is 0.761. The molecule has 0 aromatic carbocycles. The van der Waals surface area contributed by atoms with Crippen molar-refractivity contribution in [2.24, 2.45) is 5.73 Å². The van der Waals surface area contributed by atoms with Crippen LogP contribution in [0.15, 0.2) is 12.1 Å². The molecular formula is C12H19ClN2OS2. The third-order valence-electron chi connectivity index (χ3n) is 2.50. The van der Waals surface area contributed by atoms with Gasteiger partial charge in [-0.05, 0) is 25.5 Å². The second-order valence-electron chi connectivity index (χ2n) is 3.90. The summed E-state index contributed by atoms with van der Waals surface area (Å²) in [6.45, 7) is 4.63. The third-order valence-corrected chi connectivity index (χ3v) is 5.36. The lowest BCUT2D eigenvalue weighted by Crippen LogP contribution is -2.29. The lowest BCUT2D eigenvalue weighted by atomic mass is 10.1. The number of amides is 1. The molecule has 0 aliphatic rings. The van der Waals surface area contributed by atoms with E-state index in [1.807, 2.05) is 19.1 Å². The summed E-state index contributed by atoms with van der Waals surface area (Å²) in [6.07, 6.45) is 0.878. The molecule has 3 N–H and O–H groups in total. The fourth-order valence-electron chi connectivity index (χ4n) is 1.53. The van der Waals surface area contributed by atoms with Crippen molar-refractivity contribution >= 4 is 40.6 Å². The zero-order valence-electron chi connectivity index (χ0n) is 10.6. The highest BCUT2D eigenvalue weighted by Gasteiger charge is 2.21. The van der Waals surface area contributed by atoms with E-state index in [0.717, 1.165) is 15.6 Å². The van der Waals surface area contributed by atoms with Gasteiger partial charge in [-0.2, -0.15) is 0 Å². The molecule has 3 nitrogen and oxygen atoms in total. The molecule has 2 atom stereocenters. The molecule has 0 spiro atoms. The van der Waals surface area contributed by atoms with Crippen molar-refractivity contribution in [3.63, 3.8) is 0 Å². The van der Waals surface area contributed by atoms with Gasteiger partial charge >= 0.3 is 0 Å². The highest BCUT2D eigenvalue weighted by atomic mass is 35.5. The lowest BCUT2D eigenvalue weighted by molar-refractivity contribution is -0.118. The molecule has 18 heavy (non-hydrogen) atoms. The Hall–Kier alpha value is -0.230. The van der Waals surface area contributed by atoms with Crippen molar-refractivity contribution in [3.05, 3.63) is 21.3 Å². The molecule has 2 unspecified atom stereocenters. The van der Waals surface area contributed by atoms with Gasteiger partial charge in [-0.1, -0.05) is 18.5 Å². The van der Waals surface area contributed by atoms with E-state index in [2.05, 4.69) is 12.2 Å². The van der Waals surface area contributed by atoms with Gasteiger partial charge in [0.2, 0.25) is 5.91 Å². The Morgan fingerprint density at radius 1 is 1.56 bits per heavy atom. The average molecular weight is 307 g/mol. The van der Waals surface area contributed by atoms with E-state index in [-0.39, 0.29) is 17.2 Å². The number of hydrogen-bond acceptors (Lipinski definition) is 4. The second kappa shape index (κ2) is 8.04. The molecule has 1 amide bonds. The summed E-state index contributed by atoms with van der Waals surface area (Å²) in [7, 11) is 0. The van der Waals surface area contributed by atoms with Gasteiger partial charge in [-0.3, -0.25) is 4.79 Å². The minimum Gasteiger partial charge on any atom is -0.356 e. The van der Waals surface area contributed by atoms with Gasteiger partial charge in [0.25, 0.3) is 0 Å². The van der Waals surface area contributed by atoms with E-state index in [9.17, 15) is 4.79 Å². The number of carbonyl (C=O) groups is 1. The van der Waals surface area contributed by atoms with E-state index >= 15 is 0 Å². The number of halogens is 1. The first-order valence-electron chi connectivity index (χ1n) is 5.97. The van der Waals surface area contributed by atoms with Crippen molar-refractivity contribution in [2.75, 3.05) is 12.3 Å². The molecule has 1 aromatic heterocycles. The summed E-state index contributed by atoms with van der Waals surface area (Å²) in [5.41, 5.74) is 6.13. The molecule has 1 heterocycles. The van der Waals surface area contributed by atoms with Crippen molar-refractivity contribution in [2.45, 2.75) is 31.6 Å². The third kappa shape index (κ3) is 4.80. The highest BCUT2D eigenvalue weighted by Crippen LogP contribution is 2.37. The molecule has 0 saturated heterocycles. The zero-order valence-corrected chi connectivity index (χ0v) is 13.0. The number of nitrogens with two attached hydrogens (primary N) is 1. The first-order valence-corrected chi connectivity index (χ1v) is 8.21. The minimum absolute atomic E-state index is 0.0409. The molecule has 1 aromatic rings. The topological polar surface area (TPSA) is 55.1 Å². The maximum atomic E-state index is 11.5. The van der Waals surface area contributed by atoms with Crippen LogP contribution in [0.3, 0.4) is 0 Å². The van der Waals surface area contributed by atoms with E-state index < -0.39 is 0 Å². The smallest absolute Gasteiger partial charge is 0.230 e. The predicted molar refractivity (Wildman–Crippen MR) is 81.5 cm³/mol. The van der Waals surface area contributed by atoms with Gasteiger partial charge in [0.1, 0.15) is 0 Å². The van der Waals surface area contributed by atoms with Crippen LogP contribution in [0.1, 0.15) is 30.4 Å². The summed E-state index contributed by atoms with van der Waals surface area (Å²) in [6, 6.07) is 3.92. The van der Waals surface area contributed by atoms with E-state index in [0.29, 0.717) is 12.3 Å². The van der Waals surface area contributed by atoms with E-state index in [1.165, 1.54) is 11.3 Å². The molecular weight excluding hydrogens is 288 g/mol. The highest BCUT2D eigenvalue weighted by molar-refractivity contribution is 8.00. The quantitative estimate of drug-likeness (QED) is 0.814. The normalized spacial score (nSPS) is 14.2. The van der Waals surface area contributed by atoms with Crippen molar-refractivity contribution < 1.29 is 4.79 Å². The SMILES string of the molecule is CCNC(=O)CSC(c1ccc(Cl)s1)C(N)CC. The molecule has 0 bridgehead atoms. The number of carbonyl (C=O) groups excluding carboxylic acids is 1. The van der Waals surface area contributed by atoms with Crippen LogP contribution in [0.5, 0.6) is 0 Å². The van der Waals surface area contributed by atoms with Crippen LogP contribution >= 0.6 is 34.7 Å². The predicted octanol–water partition coefficient (Wildman–Crippen LogP) is 3.05. The number of rotatable bonds is 7. The molecule has 1 rings (SSSR count). The Morgan fingerprint density at radius 2 is 2.28 bits per heavy atom. The van der Waals surface area contributed by atoms with Gasteiger partial charge in [0.05, 0.1) is 15.3 Å². The molecule has 102 valence electrons. The average Bonchev–Trinajstić information content (AvgIpc) is 2.76. The maximum Gasteiger partial charge on any atom is 0.230 e. The number of thiophene rings is 1. The van der Waals surface area contributed by atoms with Crippen molar-refractivity contribution in [1.82, 2.24) is 5.32 Å². The zero-order chi connectivity index (χ0) is 13.5. The van der Waals surface area contributed by atoms with Crippen LogP contribution in [-0.4, -0.2) is 24.2 Å². The molecule has 6 heteroatoms. The Labute approximate surface area is 121 Å². The standard InChI is InChI=1S/C12H19ClN2OS2/c1-3-8(14)12(9-5-6-10(13)18-9)17-7-11(16)15-4-2/h5-6,8,12H,3-4,7,14H2,1-2H3,(H,15,16). The fraction of sp³-hybridized carbons (Fsp3) is 0.583. The van der Waals surface area contributed by atoms with Crippen LogP contribution in [0, 0.1) is 0 Å². The summed E-state index contributed by atoms with van der Waals surface area (Å²) in [5, 5.41) is 2.93. The summed E-state index contributed by atoms with van der Waals surface area (Å²) in [5.74, 6) is 0.486. The summed E-state index contributed by atoms with van der Waals surface area (Å²) >= 11 is 9.07. The minimum atomic E-state index is 0.0409. The number of thioether (sulfide) groups is 1. The van der Waals surface area contributed by atoms with Crippen LogP contribution < -0.4 is 11.1 Å². The first-order chi connectivity index (χ1) is 8.58. The lowest BCUT2D eigenvalue weighted by Gasteiger charge is -2.21. The number of nitrogens with one attached hydrogen (secondary N) is 1. The van der Waals surface area contributed by atoms with Crippen LogP contribution in [0.25, 0.3) is 0 Å². The molecule has 0 saturated carbocycles. The van der Waals surface area contributed by atoms with Gasteiger partial charge in [0, 0.05) is 17.5 Å². The molecule has 0 fully saturated rings. The van der Waals surface area contributed by atoms with Crippen molar-refractivity contribution in [3.8, 4) is 0 Å². The molecule has 0 aliphatic heterocycles. The number of hydrogen-bond donors (Lipinski definition) is 2. The molecule has 0 aliphatic carbocycles. The van der Waals surface area contributed by atoms with E-state index in [1.54, 1.807) is 11.8 Å². The van der Waals surface area contributed by atoms with Crippen LogP contribution in [0.2, 0.25) is 4.34 Å². The van der Waals surface area contributed by atoms with Crippen molar-refractivity contribution in [1.29, 1.82) is 0 Å². The van der Waals surface area contributed by atoms with Crippen LogP contribution in [-0.2, 0) is 4.79 Å². The molecule has 0 radical (unpaired) electrons. The monoisotopic (exact) mass is 306 g/mol. The van der Waals surface area contributed by atoms with Crippen LogP contribution in [0.4, 0.5) is 0 Å². The largest absolute Gasteiger partial charge is 0.356 e. The maximum absolute atomic E-state index is 11.5. The van der Waals surface area contributed by atoms with Gasteiger partial charge in [-0.15, -0.1) is 23.1 Å². The second-order valence-corrected chi connectivity index (χ2v) is 6.78. The van der Waals surface area contributed by atoms with Gasteiger partial charge in [-0.25, -0.2) is 0 Å².